The molecule has 1 saturated heterocycles. The largest absolute Gasteiger partial charge is 0.314 e. The number of hydrogen-bond donors (Lipinski definition) is 1. The van der Waals surface area contributed by atoms with Gasteiger partial charge in [0.05, 0.1) is 5.75 Å². The summed E-state index contributed by atoms with van der Waals surface area (Å²) in [5.74, 6) is 1.04. The average Bonchev–Trinajstić information content (AvgIpc) is 3.22. The highest BCUT2D eigenvalue weighted by Gasteiger charge is 2.26. The molecule has 2 aliphatic rings. The van der Waals surface area contributed by atoms with E-state index in [9.17, 15) is 8.42 Å². The van der Waals surface area contributed by atoms with E-state index in [0.29, 0.717) is 11.8 Å². The lowest BCUT2D eigenvalue weighted by Crippen LogP contribution is -2.35. The third kappa shape index (κ3) is 5.34. The molecule has 20 heavy (non-hydrogen) atoms. The molecule has 4 nitrogen and oxygen atoms in total. The molecular weight excluding hydrogens is 272 g/mol. The summed E-state index contributed by atoms with van der Waals surface area (Å²) in [5.41, 5.74) is 0. The first-order valence-electron chi connectivity index (χ1n) is 8.33. The van der Waals surface area contributed by atoms with Gasteiger partial charge in [0.15, 0.2) is 0 Å². The van der Waals surface area contributed by atoms with Crippen LogP contribution in [-0.2, 0) is 10.0 Å². The predicted octanol–water partition coefficient (Wildman–Crippen LogP) is 2.36. The van der Waals surface area contributed by atoms with Gasteiger partial charge >= 0.3 is 0 Å². The van der Waals surface area contributed by atoms with Gasteiger partial charge in [-0.25, -0.2) is 12.7 Å². The lowest BCUT2D eigenvalue weighted by atomic mass is 9.96. The van der Waals surface area contributed by atoms with Gasteiger partial charge in [0, 0.05) is 19.1 Å². The number of nitrogens with one attached hydrogen (secondary N) is 1. The molecule has 0 aromatic rings. The Bertz CT molecular complexity index is 379. The second kappa shape index (κ2) is 7.76. The van der Waals surface area contributed by atoms with E-state index in [1.807, 2.05) is 0 Å². The minimum absolute atomic E-state index is 0.311. The Morgan fingerprint density at radius 1 is 1.15 bits per heavy atom. The highest BCUT2D eigenvalue weighted by Crippen LogP contribution is 2.23. The van der Waals surface area contributed by atoms with Crippen molar-refractivity contribution in [1.82, 2.24) is 9.62 Å². The van der Waals surface area contributed by atoms with E-state index in [2.05, 4.69) is 12.2 Å². The van der Waals surface area contributed by atoms with Crippen molar-refractivity contribution in [1.29, 1.82) is 0 Å². The first kappa shape index (κ1) is 16.2. The molecule has 1 aliphatic heterocycles. The fourth-order valence-electron chi connectivity index (χ4n) is 3.09. The maximum atomic E-state index is 12.4. The predicted molar refractivity (Wildman–Crippen MR) is 83.3 cm³/mol. The molecule has 1 N–H and O–H groups in total. The van der Waals surface area contributed by atoms with Gasteiger partial charge in [0.25, 0.3) is 0 Å². The first-order valence-corrected chi connectivity index (χ1v) is 9.94. The lowest BCUT2D eigenvalue weighted by Gasteiger charge is -2.20. The zero-order valence-electron chi connectivity index (χ0n) is 12.8. The van der Waals surface area contributed by atoms with Crippen molar-refractivity contribution in [3.63, 3.8) is 0 Å². The van der Waals surface area contributed by atoms with Gasteiger partial charge in [-0.2, -0.15) is 0 Å². The summed E-state index contributed by atoms with van der Waals surface area (Å²) in [6.07, 6.45) is 9.01. The molecular formula is C15H30N2O2S. The van der Waals surface area contributed by atoms with Gasteiger partial charge in [0.1, 0.15) is 0 Å². The van der Waals surface area contributed by atoms with Gasteiger partial charge < -0.3 is 5.32 Å². The summed E-state index contributed by atoms with van der Waals surface area (Å²) in [6, 6.07) is 0.672. The third-order valence-electron chi connectivity index (χ3n) is 4.49. The normalized spacial score (nSPS) is 25.6. The van der Waals surface area contributed by atoms with Crippen LogP contribution in [0.25, 0.3) is 0 Å². The first-order chi connectivity index (χ1) is 9.62. The minimum Gasteiger partial charge on any atom is -0.314 e. The zero-order valence-corrected chi connectivity index (χ0v) is 13.6. The molecule has 1 heterocycles. The van der Waals surface area contributed by atoms with E-state index in [1.54, 1.807) is 4.31 Å². The average molecular weight is 302 g/mol. The molecule has 1 atom stereocenters. The van der Waals surface area contributed by atoms with E-state index in [0.717, 1.165) is 44.8 Å². The molecule has 2 rings (SSSR count). The minimum atomic E-state index is -3.03. The monoisotopic (exact) mass is 302 g/mol. The van der Waals surface area contributed by atoms with Crippen LogP contribution < -0.4 is 5.32 Å². The highest BCUT2D eigenvalue weighted by atomic mass is 32.2. The summed E-state index contributed by atoms with van der Waals surface area (Å²) in [4.78, 5) is 0. The van der Waals surface area contributed by atoms with Crippen molar-refractivity contribution in [3.8, 4) is 0 Å². The Hall–Kier alpha value is -0.130. The Labute approximate surface area is 124 Å². The zero-order chi connectivity index (χ0) is 14.4. The maximum absolute atomic E-state index is 12.4. The molecule has 2 fully saturated rings. The van der Waals surface area contributed by atoms with E-state index in [-0.39, 0.29) is 0 Å². The summed E-state index contributed by atoms with van der Waals surface area (Å²) in [7, 11) is -3.03. The van der Waals surface area contributed by atoms with Crippen LogP contribution in [-0.4, -0.2) is 44.2 Å². The van der Waals surface area contributed by atoms with E-state index < -0.39 is 10.0 Å². The topological polar surface area (TPSA) is 49.4 Å². The summed E-state index contributed by atoms with van der Waals surface area (Å²) >= 11 is 0. The van der Waals surface area contributed by atoms with Gasteiger partial charge in [-0.15, -0.1) is 0 Å². The van der Waals surface area contributed by atoms with Crippen LogP contribution in [0.3, 0.4) is 0 Å². The number of hydrogen-bond acceptors (Lipinski definition) is 3. The molecule has 1 unspecified atom stereocenters. The second-order valence-corrected chi connectivity index (χ2v) is 8.47. The smallest absolute Gasteiger partial charge is 0.214 e. The molecule has 0 spiro atoms. The van der Waals surface area contributed by atoms with E-state index in [4.69, 9.17) is 0 Å². The van der Waals surface area contributed by atoms with Crippen LogP contribution in [0.4, 0.5) is 0 Å². The summed E-state index contributed by atoms with van der Waals surface area (Å²) in [6.45, 7) is 4.53. The van der Waals surface area contributed by atoms with Gasteiger partial charge in [-0.1, -0.05) is 19.8 Å². The van der Waals surface area contributed by atoms with Crippen LogP contribution in [0.1, 0.15) is 58.3 Å². The van der Waals surface area contributed by atoms with Crippen LogP contribution in [0.15, 0.2) is 0 Å². The van der Waals surface area contributed by atoms with Crippen molar-refractivity contribution in [3.05, 3.63) is 0 Å². The molecule has 0 amide bonds. The SMILES string of the molecule is CCCC1CCCN(S(=O)(=O)CCCNC2CC2)CC1. The van der Waals surface area contributed by atoms with Gasteiger partial charge in [-0.05, 0) is 51.0 Å². The van der Waals surface area contributed by atoms with Crippen LogP contribution in [0.5, 0.6) is 0 Å². The fraction of sp³-hybridized carbons (Fsp3) is 1.00. The maximum Gasteiger partial charge on any atom is 0.214 e. The molecule has 0 bridgehead atoms. The Balaban J connectivity index is 1.72. The molecule has 0 aromatic carbocycles. The Morgan fingerprint density at radius 3 is 2.65 bits per heavy atom. The van der Waals surface area contributed by atoms with Crippen molar-refractivity contribution in [2.75, 3.05) is 25.4 Å². The molecule has 0 aromatic heterocycles. The summed E-state index contributed by atoms with van der Waals surface area (Å²) < 4.78 is 26.5. The Kier molecular flexibility index (Phi) is 6.30. The van der Waals surface area contributed by atoms with Gasteiger partial charge in [-0.3, -0.25) is 0 Å². The van der Waals surface area contributed by atoms with E-state index >= 15 is 0 Å². The van der Waals surface area contributed by atoms with Crippen LogP contribution in [0, 0.1) is 5.92 Å². The molecule has 5 heteroatoms. The number of sulfonamides is 1. The van der Waals surface area contributed by atoms with Crippen LogP contribution >= 0.6 is 0 Å². The molecule has 0 radical (unpaired) electrons. The highest BCUT2D eigenvalue weighted by molar-refractivity contribution is 7.89. The number of nitrogens with zero attached hydrogens (tertiary/aromatic N) is 1. The quantitative estimate of drug-likeness (QED) is 0.700. The van der Waals surface area contributed by atoms with Crippen LogP contribution in [0.2, 0.25) is 0 Å². The molecule has 1 aliphatic carbocycles. The van der Waals surface area contributed by atoms with Crippen molar-refractivity contribution < 1.29 is 8.42 Å². The molecule has 1 saturated carbocycles. The lowest BCUT2D eigenvalue weighted by molar-refractivity contribution is 0.399. The van der Waals surface area contributed by atoms with E-state index in [1.165, 1.54) is 32.1 Å². The van der Waals surface area contributed by atoms with Gasteiger partial charge in [0.2, 0.25) is 10.0 Å². The number of rotatable bonds is 8. The standard InChI is InChI=1S/C15H30N2O2S/c1-2-5-14-6-3-11-17(12-9-14)20(18,19)13-4-10-16-15-7-8-15/h14-16H,2-13H2,1H3. The van der Waals surface area contributed by atoms with Crippen molar-refractivity contribution in [2.24, 2.45) is 5.92 Å². The summed E-state index contributed by atoms with van der Waals surface area (Å²) in [5, 5.41) is 3.39. The molecule has 118 valence electrons. The van der Waals surface area contributed by atoms with Crippen molar-refractivity contribution in [2.45, 2.75) is 64.3 Å². The van der Waals surface area contributed by atoms with Crippen molar-refractivity contribution >= 4 is 10.0 Å². The Morgan fingerprint density at radius 2 is 1.95 bits per heavy atom. The second-order valence-electron chi connectivity index (χ2n) is 6.38. The fourth-order valence-corrected chi connectivity index (χ4v) is 4.65. The third-order valence-corrected chi connectivity index (χ3v) is 6.44.